The van der Waals surface area contributed by atoms with Crippen molar-refractivity contribution in [2.24, 2.45) is 16.7 Å². The third-order valence-corrected chi connectivity index (χ3v) is 12.8. The van der Waals surface area contributed by atoms with Crippen LogP contribution >= 0.6 is 0 Å². The van der Waals surface area contributed by atoms with E-state index >= 15 is 0 Å². The smallest absolute Gasteiger partial charge is 0.435 e. The van der Waals surface area contributed by atoms with Crippen molar-refractivity contribution in [2.75, 3.05) is 0 Å². The van der Waals surface area contributed by atoms with Crippen LogP contribution in [0.25, 0.3) is 0 Å². The number of hydrogen-bond acceptors (Lipinski definition) is 4. The number of nitrogens with one attached hydrogen (secondary N) is 1. The van der Waals surface area contributed by atoms with Gasteiger partial charge in [-0.15, -0.1) is 0 Å². The Kier molecular flexibility index (Phi) is 6.41. The summed E-state index contributed by atoms with van der Waals surface area (Å²) in [6, 6.07) is 4.49. The number of fused-ring (bicyclic) bond motifs is 3. The molecule has 5 aliphatic carbocycles. The molecular formula is C29H25F8NO5S. The Hall–Kier alpha value is -3.23. The first-order valence-corrected chi connectivity index (χ1v) is 15.2. The van der Waals surface area contributed by atoms with Crippen molar-refractivity contribution < 1.29 is 58.2 Å². The maximum absolute atomic E-state index is 15.0. The number of carbonyl (C=O) groups is 2. The number of alkyl halides is 7. The van der Waals surface area contributed by atoms with Crippen LogP contribution in [0.1, 0.15) is 55.2 Å². The van der Waals surface area contributed by atoms with Gasteiger partial charge in [0.05, 0.1) is 15.7 Å². The number of carboxylic acid groups (broad SMARTS) is 1. The number of aryl methyl sites for hydroxylation is 1. The van der Waals surface area contributed by atoms with Crippen molar-refractivity contribution in [1.82, 2.24) is 5.32 Å². The largest absolute Gasteiger partial charge is 0.481 e. The van der Waals surface area contributed by atoms with Crippen LogP contribution in [-0.2, 0) is 36.3 Å². The van der Waals surface area contributed by atoms with Crippen molar-refractivity contribution in [3.63, 3.8) is 0 Å². The summed E-state index contributed by atoms with van der Waals surface area (Å²) in [7, 11) is -4.54. The summed E-state index contributed by atoms with van der Waals surface area (Å²) in [5.74, 6) is -3.10. The summed E-state index contributed by atoms with van der Waals surface area (Å²) in [4.78, 5) is 24.4. The fraction of sp³-hybridized carbons (Fsp3) is 0.517. The summed E-state index contributed by atoms with van der Waals surface area (Å²) in [5, 5.41) is 12.3. The van der Waals surface area contributed by atoms with E-state index in [0.29, 0.717) is 12.1 Å². The predicted octanol–water partition coefficient (Wildman–Crippen LogP) is 5.88. The second kappa shape index (κ2) is 9.16. The van der Waals surface area contributed by atoms with Gasteiger partial charge in [0.15, 0.2) is 9.84 Å². The molecule has 0 unspecified atom stereocenters. The molecule has 238 valence electrons. The van der Waals surface area contributed by atoms with Gasteiger partial charge < -0.3 is 10.4 Å². The molecular weight excluding hydrogens is 626 g/mol. The van der Waals surface area contributed by atoms with Gasteiger partial charge in [0.2, 0.25) is 5.91 Å². The number of hydrogen-bond donors (Lipinski definition) is 2. The number of carboxylic acids is 1. The van der Waals surface area contributed by atoms with Gasteiger partial charge in [-0.25, -0.2) is 17.2 Å². The van der Waals surface area contributed by atoms with Crippen LogP contribution in [0.3, 0.4) is 0 Å². The summed E-state index contributed by atoms with van der Waals surface area (Å²) in [5.41, 5.74) is -9.63. The van der Waals surface area contributed by atoms with Gasteiger partial charge in [0.25, 0.3) is 0 Å². The average molecular weight is 652 g/mol. The number of amides is 1. The number of halogens is 8. The lowest BCUT2D eigenvalue weighted by Crippen LogP contribution is -2.71. The molecule has 0 heterocycles. The number of benzene rings is 2. The molecule has 3 atom stereocenters. The first-order chi connectivity index (χ1) is 20.2. The van der Waals surface area contributed by atoms with E-state index < -0.39 is 78.7 Å². The van der Waals surface area contributed by atoms with Crippen LogP contribution < -0.4 is 5.32 Å². The highest BCUT2D eigenvalue weighted by molar-refractivity contribution is 7.92. The normalized spacial score (nSPS) is 31.3. The minimum Gasteiger partial charge on any atom is -0.481 e. The molecule has 2 N–H and O–H groups in total. The monoisotopic (exact) mass is 651 g/mol. The Balaban J connectivity index is 1.42. The van der Waals surface area contributed by atoms with E-state index in [-0.39, 0.29) is 61.0 Å². The standard InChI is InChI=1S/C29H25F8NO5S/c30-17-3-5-18(6-4-17)44(42,43)26-10-9-21(38-22(39)24-12-25(13-24,14-24)23(40)41)20(26)7-1-15-11-16(2-8-19(15)26)27(31,28(32,33)34)29(35,36)37/h2-6,8,11,20-21H,1,7,9-10,12-14H2,(H,38,39)(H,40,41)/t20-,21+,24?,25?,26+/m0/s1. The quantitative estimate of drug-likeness (QED) is 0.300. The lowest BCUT2D eigenvalue weighted by atomic mass is 9.35. The van der Waals surface area contributed by atoms with E-state index in [2.05, 4.69) is 5.32 Å². The van der Waals surface area contributed by atoms with Crippen molar-refractivity contribution in [3.05, 3.63) is 65.0 Å². The summed E-state index contributed by atoms with van der Waals surface area (Å²) >= 11 is 0. The Labute approximate surface area is 245 Å². The average Bonchev–Trinajstić information content (AvgIpc) is 3.25. The topological polar surface area (TPSA) is 101 Å². The second-order valence-corrected chi connectivity index (χ2v) is 14.7. The van der Waals surface area contributed by atoms with E-state index in [9.17, 15) is 58.2 Å². The fourth-order valence-corrected chi connectivity index (χ4v) is 10.6. The van der Waals surface area contributed by atoms with E-state index in [0.717, 1.165) is 30.3 Å². The first kappa shape index (κ1) is 30.8. The number of rotatable bonds is 6. The zero-order valence-electron chi connectivity index (χ0n) is 22.7. The van der Waals surface area contributed by atoms with Gasteiger partial charge in [-0.2, -0.15) is 26.3 Å². The molecule has 0 aromatic heterocycles. The van der Waals surface area contributed by atoms with Crippen LogP contribution in [-0.4, -0.2) is 43.8 Å². The van der Waals surface area contributed by atoms with Crippen LogP contribution in [0.5, 0.6) is 0 Å². The Bertz CT molecular complexity index is 1640. The zero-order chi connectivity index (χ0) is 32.3. The third-order valence-electron chi connectivity index (χ3n) is 10.3. The zero-order valence-corrected chi connectivity index (χ0v) is 23.5. The lowest BCUT2D eigenvalue weighted by Gasteiger charge is -2.66. The summed E-state index contributed by atoms with van der Waals surface area (Å²) < 4.78 is 137. The molecule has 2 aromatic rings. The van der Waals surface area contributed by atoms with Crippen molar-refractivity contribution in [2.45, 2.75) is 78.7 Å². The van der Waals surface area contributed by atoms with Crippen molar-refractivity contribution in [3.8, 4) is 0 Å². The number of aliphatic carboxylic acids is 1. The van der Waals surface area contributed by atoms with Gasteiger partial charge >= 0.3 is 24.0 Å². The Morgan fingerprint density at radius 3 is 2.00 bits per heavy atom. The highest BCUT2D eigenvalue weighted by Crippen LogP contribution is 2.73. The van der Waals surface area contributed by atoms with Crippen LogP contribution in [0.2, 0.25) is 0 Å². The van der Waals surface area contributed by atoms with Gasteiger partial charge in [-0.1, -0.05) is 18.2 Å². The summed E-state index contributed by atoms with van der Waals surface area (Å²) in [6.45, 7) is 0. The van der Waals surface area contributed by atoms with Gasteiger partial charge in [0.1, 0.15) is 10.6 Å². The molecule has 1 amide bonds. The molecule has 15 heteroatoms. The van der Waals surface area contributed by atoms with Crippen molar-refractivity contribution in [1.29, 1.82) is 0 Å². The third kappa shape index (κ3) is 3.86. The van der Waals surface area contributed by atoms with E-state index in [1.165, 1.54) is 0 Å². The van der Waals surface area contributed by atoms with Gasteiger partial charge in [-0.3, -0.25) is 9.59 Å². The molecule has 0 saturated heterocycles. The first-order valence-electron chi connectivity index (χ1n) is 13.8. The highest BCUT2D eigenvalue weighted by Gasteiger charge is 2.76. The molecule has 5 aliphatic rings. The Morgan fingerprint density at radius 1 is 0.864 bits per heavy atom. The Morgan fingerprint density at radius 2 is 1.45 bits per heavy atom. The summed E-state index contributed by atoms with van der Waals surface area (Å²) in [6.07, 6.45) is -12.8. The number of carbonyl (C=O) groups excluding carboxylic acids is 1. The van der Waals surface area contributed by atoms with Crippen LogP contribution in [0, 0.1) is 22.6 Å². The highest BCUT2D eigenvalue weighted by atomic mass is 32.2. The SMILES string of the molecule is O=C(O)C12CC(C(=O)N[C@@H]3CC[C@@]4(S(=O)(=O)c5ccc(F)cc5)c5ccc(C(F)(C(F)(F)F)C(F)(F)F)cc5CC[C@@H]34)(C1)C2. The van der Waals surface area contributed by atoms with Gasteiger partial charge in [-0.05, 0) is 80.3 Å². The molecule has 4 saturated carbocycles. The van der Waals surface area contributed by atoms with Crippen LogP contribution in [0.15, 0.2) is 47.4 Å². The maximum Gasteiger partial charge on any atom is 0.435 e. The lowest BCUT2D eigenvalue weighted by molar-refractivity contribution is -0.348. The predicted molar refractivity (Wildman–Crippen MR) is 136 cm³/mol. The van der Waals surface area contributed by atoms with Gasteiger partial charge in [0, 0.05) is 17.5 Å². The molecule has 4 fully saturated rings. The second-order valence-electron chi connectivity index (χ2n) is 12.5. The molecule has 6 nitrogen and oxygen atoms in total. The molecule has 44 heavy (non-hydrogen) atoms. The molecule has 0 spiro atoms. The van der Waals surface area contributed by atoms with Crippen molar-refractivity contribution >= 4 is 21.7 Å². The molecule has 2 aromatic carbocycles. The van der Waals surface area contributed by atoms with E-state index in [4.69, 9.17) is 0 Å². The number of sulfone groups is 1. The molecule has 0 radical (unpaired) electrons. The molecule has 7 rings (SSSR count). The van der Waals surface area contributed by atoms with E-state index in [1.54, 1.807) is 0 Å². The minimum atomic E-state index is -6.36. The van der Waals surface area contributed by atoms with Crippen LogP contribution in [0.4, 0.5) is 35.1 Å². The molecule has 2 bridgehead atoms. The minimum absolute atomic E-state index is 0.0658. The molecule has 0 aliphatic heterocycles. The fourth-order valence-electron chi connectivity index (χ4n) is 8.13. The van der Waals surface area contributed by atoms with E-state index in [1.807, 2.05) is 0 Å². The maximum atomic E-state index is 15.0.